The lowest BCUT2D eigenvalue weighted by atomic mass is 10.1. The molecule has 0 radical (unpaired) electrons. The van der Waals surface area contributed by atoms with Crippen LogP contribution < -0.4 is 15.0 Å². The first kappa shape index (κ1) is 21.2. The van der Waals surface area contributed by atoms with Crippen LogP contribution in [0.15, 0.2) is 53.2 Å². The number of hydrogen-bond donors (Lipinski definition) is 1. The molecule has 3 rings (SSSR count). The van der Waals surface area contributed by atoms with Crippen LogP contribution in [-0.4, -0.2) is 31.9 Å². The Bertz CT molecular complexity index is 1070. The highest BCUT2D eigenvalue weighted by atomic mass is 35.5. The first-order chi connectivity index (χ1) is 14.6. The van der Waals surface area contributed by atoms with Gasteiger partial charge in [0.15, 0.2) is 11.5 Å². The molecule has 0 saturated heterocycles. The van der Waals surface area contributed by atoms with Gasteiger partial charge in [0.25, 0.3) is 0 Å². The first-order valence-corrected chi connectivity index (χ1v) is 9.29. The van der Waals surface area contributed by atoms with Crippen molar-refractivity contribution in [2.75, 3.05) is 20.8 Å². The van der Waals surface area contributed by atoms with Crippen LogP contribution in [0.2, 0.25) is 5.02 Å². The number of rotatable bonds is 7. The third kappa shape index (κ3) is 5.54. The number of hydrogen-bond acceptors (Lipinski definition) is 6. The molecule has 8 heteroatoms. The van der Waals surface area contributed by atoms with Gasteiger partial charge in [0.05, 0.1) is 32.4 Å². The van der Waals surface area contributed by atoms with E-state index in [9.17, 15) is 4.79 Å². The zero-order valence-electron chi connectivity index (χ0n) is 16.4. The average Bonchev–Trinajstić information content (AvgIpc) is 3.23. The monoisotopic (exact) mass is 426 g/mol. The Kier molecular flexibility index (Phi) is 7.33. The molecule has 0 aliphatic carbocycles. The number of benzene rings is 2. The van der Waals surface area contributed by atoms with E-state index in [1.54, 1.807) is 50.7 Å². The minimum absolute atomic E-state index is 0.0154. The predicted octanol–water partition coefficient (Wildman–Crippen LogP) is 3.65. The summed E-state index contributed by atoms with van der Waals surface area (Å²) in [5, 5.41) is 4.42. The Morgan fingerprint density at radius 3 is 2.63 bits per heavy atom. The summed E-state index contributed by atoms with van der Waals surface area (Å²) < 4.78 is 15.8. The molecule has 1 heterocycles. The summed E-state index contributed by atoms with van der Waals surface area (Å²) in [5.41, 5.74) is 4.69. The van der Waals surface area contributed by atoms with E-state index in [4.69, 9.17) is 30.4 Å². The van der Waals surface area contributed by atoms with Crippen LogP contribution >= 0.6 is 11.6 Å². The molecule has 1 amide bonds. The van der Waals surface area contributed by atoms with Crippen molar-refractivity contribution in [2.24, 2.45) is 0 Å². The largest absolute Gasteiger partial charge is 0.493 e. The summed E-state index contributed by atoms with van der Waals surface area (Å²) in [6.45, 7) is -0.0154. The highest BCUT2D eigenvalue weighted by Crippen LogP contribution is 2.33. The smallest absolute Gasteiger partial charge is 0.247 e. The van der Waals surface area contributed by atoms with E-state index in [0.717, 1.165) is 11.1 Å². The number of carbonyl (C=O) groups excluding carboxylic acids is 1. The molecule has 3 aromatic rings. The quantitative estimate of drug-likeness (QED) is 0.353. The molecule has 0 unspecified atom stereocenters. The SMILES string of the molecule is COc1ccc(-c2cnoc2C#CCONC(=O)Cc2ccc(Cl)cc2)cc1OC. The van der Waals surface area contributed by atoms with Crippen molar-refractivity contribution in [2.45, 2.75) is 6.42 Å². The Labute approximate surface area is 178 Å². The average molecular weight is 427 g/mol. The number of halogens is 1. The van der Waals surface area contributed by atoms with E-state index in [1.807, 2.05) is 12.1 Å². The summed E-state index contributed by atoms with van der Waals surface area (Å²) in [6, 6.07) is 12.5. The van der Waals surface area contributed by atoms with Crippen molar-refractivity contribution in [3.63, 3.8) is 0 Å². The van der Waals surface area contributed by atoms with Gasteiger partial charge >= 0.3 is 0 Å². The molecule has 30 heavy (non-hydrogen) atoms. The number of carbonyl (C=O) groups is 1. The van der Waals surface area contributed by atoms with Gasteiger partial charge in [0.1, 0.15) is 6.61 Å². The predicted molar refractivity (Wildman–Crippen MR) is 111 cm³/mol. The molecule has 0 fully saturated rings. The number of hydroxylamine groups is 1. The van der Waals surface area contributed by atoms with Gasteiger partial charge in [-0.15, -0.1) is 0 Å². The minimum Gasteiger partial charge on any atom is -0.493 e. The lowest BCUT2D eigenvalue weighted by Crippen LogP contribution is -2.25. The van der Waals surface area contributed by atoms with E-state index < -0.39 is 0 Å². The molecule has 7 nitrogen and oxygen atoms in total. The van der Waals surface area contributed by atoms with Crippen molar-refractivity contribution in [1.29, 1.82) is 0 Å². The summed E-state index contributed by atoms with van der Waals surface area (Å²) >= 11 is 5.82. The molecular formula is C22H19ClN2O5. The second kappa shape index (κ2) is 10.3. The number of ether oxygens (including phenoxy) is 2. The van der Waals surface area contributed by atoms with Crippen molar-refractivity contribution in [1.82, 2.24) is 10.6 Å². The third-order valence-electron chi connectivity index (χ3n) is 4.08. The highest BCUT2D eigenvalue weighted by Gasteiger charge is 2.12. The maximum atomic E-state index is 11.9. The van der Waals surface area contributed by atoms with E-state index in [-0.39, 0.29) is 18.9 Å². The number of aromatic nitrogens is 1. The van der Waals surface area contributed by atoms with Crippen LogP contribution in [0.3, 0.4) is 0 Å². The first-order valence-electron chi connectivity index (χ1n) is 8.91. The lowest BCUT2D eigenvalue weighted by Gasteiger charge is -2.08. The van der Waals surface area contributed by atoms with Gasteiger partial charge in [0, 0.05) is 5.02 Å². The zero-order chi connectivity index (χ0) is 21.3. The molecular weight excluding hydrogens is 408 g/mol. The molecule has 1 N–H and O–H groups in total. The van der Waals surface area contributed by atoms with Crippen LogP contribution in [0.5, 0.6) is 11.5 Å². The number of methoxy groups -OCH3 is 2. The van der Waals surface area contributed by atoms with Gasteiger partial charge in [-0.05, 0) is 41.3 Å². The second-order valence-corrected chi connectivity index (χ2v) is 6.49. The van der Waals surface area contributed by atoms with Gasteiger partial charge in [-0.25, -0.2) is 5.48 Å². The van der Waals surface area contributed by atoms with E-state index in [0.29, 0.717) is 27.8 Å². The minimum atomic E-state index is -0.287. The van der Waals surface area contributed by atoms with Crippen LogP contribution in [-0.2, 0) is 16.1 Å². The number of amides is 1. The van der Waals surface area contributed by atoms with Crippen LogP contribution in [0.25, 0.3) is 11.1 Å². The summed E-state index contributed by atoms with van der Waals surface area (Å²) in [6.07, 6.45) is 1.75. The van der Waals surface area contributed by atoms with Gasteiger partial charge < -0.3 is 14.0 Å². The fraction of sp³-hybridized carbons (Fsp3) is 0.182. The molecule has 0 aliphatic rings. The lowest BCUT2D eigenvalue weighted by molar-refractivity contribution is -0.131. The molecule has 0 spiro atoms. The molecule has 1 aromatic heterocycles. The van der Waals surface area contributed by atoms with Gasteiger partial charge in [0.2, 0.25) is 11.7 Å². The van der Waals surface area contributed by atoms with Gasteiger partial charge in [-0.1, -0.05) is 40.9 Å². The summed E-state index contributed by atoms with van der Waals surface area (Å²) in [5.74, 6) is 6.92. The van der Waals surface area contributed by atoms with E-state index >= 15 is 0 Å². The zero-order valence-corrected chi connectivity index (χ0v) is 17.2. The molecule has 0 bridgehead atoms. The highest BCUT2D eigenvalue weighted by molar-refractivity contribution is 6.30. The van der Waals surface area contributed by atoms with E-state index in [2.05, 4.69) is 22.5 Å². The van der Waals surface area contributed by atoms with Crippen molar-refractivity contribution < 1.29 is 23.6 Å². The maximum Gasteiger partial charge on any atom is 0.247 e. The third-order valence-corrected chi connectivity index (χ3v) is 4.33. The Hall–Kier alpha value is -3.47. The molecule has 2 aromatic carbocycles. The van der Waals surface area contributed by atoms with Crippen molar-refractivity contribution in [3.8, 4) is 34.5 Å². The number of nitrogens with one attached hydrogen (secondary N) is 1. The fourth-order valence-corrected chi connectivity index (χ4v) is 2.76. The Balaban J connectivity index is 1.56. The Morgan fingerprint density at radius 2 is 1.90 bits per heavy atom. The van der Waals surface area contributed by atoms with Crippen molar-refractivity contribution >= 4 is 17.5 Å². The standard InChI is InChI=1S/C22H19ClN2O5/c1-27-20-10-7-16(13-21(20)28-2)18-14-24-30-19(18)4-3-11-29-25-22(26)12-15-5-8-17(23)9-6-15/h5-10,13-14H,11-12H2,1-2H3,(H,25,26). The summed E-state index contributed by atoms with van der Waals surface area (Å²) in [7, 11) is 3.14. The molecule has 0 saturated carbocycles. The van der Waals surface area contributed by atoms with Gasteiger partial charge in [-0.3, -0.25) is 9.63 Å². The molecule has 154 valence electrons. The van der Waals surface area contributed by atoms with Crippen molar-refractivity contribution in [3.05, 3.63) is 65.0 Å². The number of nitrogens with zero attached hydrogens (tertiary/aromatic N) is 1. The van der Waals surface area contributed by atoms with Crippen LogP contribution in [0, 0.1) is 11.8 Å². The summed E-state index contributed by atoms with van der Waals surface area (Å²) in [4.78, 5) is 17.0. The Morgan fingerprint density at radius 1 is 1.13 bits per heavy atom. The topological polar surface area (TPSA) is 82.8 Å². The molecule has 0 atom stereocenters. The van der Waals surface area contributed by atoms with E-state index in [1.165, 1.54) is 0 Å². The second-order valence-electron chi connectivity index (χ2n) is 6.06. The molecule has 0 aliphatic heterocycles. The normalized spacial score (nSPS) is 10.1. The van der Waals surface area contributed by atoms with Gasteiger partial charge in [-0.2, -0.15) is 0 Å². The fourth-order valence-electron chi connectivity index (χ4n) is 2.63. The maximum absolute atomic E-state index is 11.9. The van der Waals surface area contributed by atoms with Crippen LogP contribution in [0.1, 0.15) is 11.3 Å². The van der Waals surface area contributed by atoms with Crippen LogP contribution in [0.4, 0.5) is 0 Å².